The molecule has 152 valence electrons. The van der Waals surface area contributed by atoms with Crippen LogP contribution in [0, 0.1) is 6.92 Å². The van der Waals surface area contributed by atoms with Crippen molar-refractivity contribution in [1.29, 1.82) is 0 Å². The molecule has 4 nitrogen and oxygen atoms in total. The standard InChI is InChI=1S/C26H20N2O2.Bi.2H/c1-16-22(29-3)13-12-19-17-8-4-6-10-21(17)28(26(16)19)25-14-24-20(15-27(25)2)18-9-5-7-11-23(18)30-24;;;/h5-15H,1-3H3;;;/q+1;;;. The molecule has 31 heavy (non-hydrogen) atoms. The molecule has 0 aliphatic rings. The van der Waals surface area contributed by atoms with E-state index in [1.54, 1.807) is 7.11 Å². The van der Waals surface area contributed by atoms with Gasteiger partial charge in [-0.2, -0.15) is 0 Å². The Hall–Kier alpha value is -2.91. The molecule has 0 unspecified atom stereocenters. The normalized spacial score (nSPS) is 11.9. The Morgan fingerprint density at radius 3 is 2.58 bits per heavy atom. The van der Waals surface area contributed by atoms with E-state index in [4.69, 9.17) is 9.15 Å². The van der Waals surface area contributed by atoms with Crippen molar-refractivity contribution in [2.45, 2.75) is 6.92 Å². The van der Waals surface area contributed by atoms with Crippen LogP contribution in [0.1, 0.15) is 5.56 Å². The maximum absolute atomic E-state index is 6.22. The maximum atomic E-state index is 6.22. The second-order valence-electron chi connectivity index (χ2n) is 8.02. The minimum atomic E-state index is 0.801. The molecule has 0 saturated heterocycles. The van der Waals surface area contributed by atoms with Gasteiger partial charge in [0.15, 0.2) is 0 Å². The molecule has 0 radical (unpaired) electrons. The molecule has 0 aliphatic carbocycles. The van der Waals surface area contributed by atoms with Gasteiger partial charge in [-0.25, -0.2) is 0 Å². The fourth-order valence-corrected chi connectivity index (χ4v) is 5.78. The van der Waals surface area contributed by atoms with Gasteiger partial charge < -0.3 is 0 Å². The fourth-order valence-electron chi connectivity index (χ4n) is 4.76. The van der Waals surface area contributed by atoms with Gasteiger partial charge in [0.1, 0.15) is 0 Å². The number of methoxy groups -OCH3 is 1. The van der Waals surface area contributed by atoms with Crippen molar-refractivity contribution in [3.8, 4) is 11.6 Å². The fraction of sp³-hybridized carbons (Fsp3) is 0.115. The van der Waals surface area contributed by atoms with Crippen LogP contribution in [0.15, 0.2) is 71.3 Å². The molecule has 0 atom stereocenters. The molecule has 3 aromatic heterocycles. The summed E-state index contributed by atoms with van der Waals surface area (Å²) < 4.78 is 17.8. The van der Waals surface area contributed by atoms with E-state index in [0.29, 0.717) is 0 Å². The van der Waals surface area contributed by atoms with Gasteiger partial charge in [-0.1, -0.05) is 0 Å². The Bertz CT molecular complexity index is 1660. The number of aryl methyl sites for hydroxylation is 2. The zero-order valence-corrected chi connectivity index (χ0v) is 22.1. The molecule has 3 heterocycles. The Kier molecular flexibility index (Phi) is 4.13. The summed E-state index contributed by atoms with van der Waals surface area (Å²) in [7, 11) is 3.84. The molecular formula is C26H22BiN2O2+. The van der Waals surface area contributed by atoms with Crippen LogP contribution in [0.3, 0.4) is 0 Å². The van der Waals surface area contributed by atoms with Crippen LogP contribution in [0.4, 0.5) is 0 Å². The first-order valence-electron chi connectivity index (χ1n) is 10.3. The van der Waals surface area contributed by atoms with Crippen molar-refractivity contribution in [1.82, 2.24) is 4.57 Å². The van der Waals surface area contributed by atoms with Crippen LogP contribution in [-0.2, 0) is 7.05 Å². The van der Waals surface area contributed by atoms with Gasteiger partial charge in [-0.05, 0) is 0 Å². The molecule has 6 rings (SSSR count). The third-order valence-corrected chi connectivity index (χ3v) is 7.61. The van der Waals surface area contributed by atoms with Gasteiger partial charge in [-0.15, -0.1) is 0 Å². The summed E-state index contributed by atoms with van der Waals surface area (Å²) in [5, 5.41) is 4.80. The van der Waals surface area contributed by atoms with Crippen molar-refractivity contribution in [2.75, 3.05) is 7.11 Å². The molecule has 6 aromatic rings. The summed E-state index contributed by atoms with van der Waals surface area (Å²) in [4.78, 5) is 0. The molecule has 0 saturated carbocycles. The van der Waals surface area contributed by atoms with Crippen LogP contribution >= 0.6 is 0 Å². The summed E-state index contributed by atoms with van der Waals surface area (Å²) in [6.07, 6.45) is 2.17. The van der Waals surface area contributed by atoms with E-state index in [2.05, 4.69) is 77.8 Å². The Morgan fingerprint density at radius 1 is 0.903 bits per heavy atom. The molecular weight excluding hydrogens is 581 g/mol. The van der Waals surface area contributed by atoms with E-state index in [9.17, 15) is 0 Å². The SMILES string of the molecule is COc1ccc2c3c[c]([BiH2])ccc3n(-c3cc4oc5ccccc5c4c[n+]3C)c2c1C. The number of aromatic nitrogens is 2. The number of fused-ring (bicyclic) bond motifs is 6. The van der Waals surface area contributed by atoms with Gasteiger partial charge in [-0.3, -0.25) is 0 Å². The second kappa shape index (κ2) is 6.80. The van der Waals surface area contributed by atoms with E-state index < -0.39 is 0 Å². The number of pyridine rings is 1. The molecule has 0 fully saturated rings. The number of para-hydroxylation sites is 1. The summed E-state index contributed by atoms with van der Waals surface area (Å²) in [6.45, 7) is 2.14. The molecule has 0 N–H and O–H groups in total. The number of nitrogens with zero attached hydrogens (tertiary/aromatic N) is 2. The van der Waals surface area contributed by atoms with Crippen LogP contribution in [0.25, 0.3) is 49.6 Å². The summed E-state index contributed by atoms with van der Waals surface area (Å²) in [5.41, 5.74) is 5.32. The third kappa shape index (κ3) is 2.66. The first kappa shape index (κ1) is 18.8. The van der Waals surface area contributed by atoms with E-state index in [1.165, 1.54) is 25.1 Å². The Balaban J connectivity index is 1.78. The quantitative estimate of drug-likeness (QED) is 0.221. The van der Waals surface area contributed by atoms with Crippen molar-refractivity contribution in [3.63, 3.8) is 0 Å². The van der Waals surface area contributed by atoms with E-state index in [0.717, 1.165) is 63.8 Å². The molecule has 0 amide bonds. The number of rotatable bonds is 2. The van der Waals surface area contributed by atoms with Crippen molar-refractivity contribution in [2.24, 2.45) is 7.05 Å². The second-order valence-corrected chi connectivity index (χ2v) is 10.6. The molecule has 0 bridgehead atoms. The monoisotopic (exact) mass is 603 g/mol. The van der Waals surface area contributed by atoms with Gasteiger partial charge in [0.05, 0.1) is 0 Å². The number of benzene rings is 3. The van der Waals surface area contributed by atoms with E-state index in [1.807, 2.05) is 12.1 Å². The van der Waals surface area contributed by atoms with Gasteiger partial charge in [0.25, 0.3) is 0 Å². The van der Waals surface area contributed by atoms with E-state index >= 15 is 0 Å². The van der Waals surface area contributed by atoms with Crippen molar-refractivity contribution in [3.05, 3.63) is 72.4 Å². The number of ether oxygens (including phenoxy) is 1. The Morgan fingerprint density at radius 2 is 1.74 bits per heavy atom. The number of hydrogen-bond acceptors (Lipinski definition) is 2. The predicted molar refractivity (Wildman–Crippen MR) is 129 cm³/mol. The molecule has 3 aromatic carbocycles. The number of furan rings is 1. The Labute approximate surface area is 194 Å². The first-order valence-corrected chi connectivity index (χ1v) is 12.5. The third-order valence-electron chi connectivity index (χ3n) is 6.21. The van der Waals surface area contributed by atoms with Crippen molar-refractivity contribution >= 4 is 71.7 Å². The molecule has 5 heteroatoms. The summed E-state index contributed by atoms with van der Waals surface area (Å²) in [5.74, 6) is 1.96. The van der Waals surface area contributed by atoms with Crippen LogP contribution in [0.2, 0.25) is 0 Å². The predicted octanol–water partition coefficient (Wildman–Crippen LogP) is 4.08. The first-order chi connectivity index (χ1) is 15.1. The van der Waals surface area contributed by atoms with Gasteiger partial charge >= 0.3 is 195 Å². The number of hydrogen-bond donors (Lipinski definition) is 0. The average Bonchev–Trinajstić information content (AvgIpc) is 3.29. The van der Waals surface area contributed by atoms with E-state index in [-0.39, 0.29) is 0 Å². The van der Waals surface area contributed by atoms with Gasteiger partial charge in [0, 0.05) is 0 Å². The summed E-state index contributed by atoms with van der Waals surface area (Å²) >= 11 is 0.801. The molecule has 0 aliphatic heterocycles. The van der Waals surface area contributed by atoms with Gasteiger partial charge in [0.2, 0.25) is 0 Å². The summed E-state index contributed by atoms with van der Waals surface area (Å²) in [6, 6.07) is 21.5. The van der Waals surface area contributed by atoms with Crippen molar-refractivity contribution < 1.29 is 13.7 Å². The molecule has 0 spiro atoms. The minimum absolute atomic E-state index is 0.801. The average molecular weight is 603 g/mol. The zero-order chi connectivity index (χ0) is 21.3. The van der Waals surface area contributed by atoms with Crippen LogP contribution in [-0.4, -0.2) is 36.4 Å². The zero-order valence-electron chi connectivity index (χ0n) is 17.6. The van der Waals surface area contributed by atoms with Crippen LogP contribution in [0.5, 0.6) is 5.75 Å². The topological polar surface area (TPSA) is 31.2 Å². The van der Waals surface area contributed by atoms with Crippen LogP contribution < -0.4 is 12.6 Å².